The predicted octanol–water partition coefficient (Wildman–Crippen LogP) is 15.6. The van der Waals surface area contributed by atoms with Gasteiger partial charge in [0.15, 0.2) is 0 Å². The molecule has 11 aromatic rings. The molecule has 2 aromatic heterocycles. The first-order chi connectivity index (χ1) is 27.3. The van der Waals surface area contributed by atoms with Gasteiger partial charge in [-0.25, -0.2) is 0 Å². The maximum Gasteiger partial charge on any atom is 0.137 e. The lowest BCUT2D eigenvalue weighted by atomic mass is 9.94. The van der Waals surface area contributed by atoms with Crippen LogP contribution in [0.15, 0.2) is 205 Å². The van der Waals surface area contributed by atoms with Crippen molar-refractivity contribution in [2.45, 2.75) is 0 Å². The summed E-state index contributed by atoms with van der Waals surface area (Å²) in [6, 6.07) is 72.3. The number of anilines is 3. The Morgan fingerprint density at radius 1 is 0.364 bits per heavy atom. The van der Waals surface area contributed by atoms with Crippen LogP contribution < -0.4 is 4.90 Å². The molecule has 55 heavy (non-hydrogen) atoms. The second-order valence-corrected chi connectivity index (χ2v) is 15.1. The van der Waals surface area contributed by atoms with E-state index in [4.69, 9.17) is 4.42 Å². The number of nitrogens with zero attached hydrogens (tertiary/aromatic N) is 1. The number of para-hydroxylation sites is 2. The monoisotopic (exact) mass is 719 g/mol. The van der Waals surface area contributed by atoms with Crippen LogP contribution >= 0.6 is 11.3 Å². The number of thiophene rings is 1. The topological polar surface area (TPSA) is 16.4 Å². The van der Waals surface area contributed by atoms with E-state index in [1.165, 1.54) is 47.6 Å². The minimum atomic E-state index is 0.861. The lowest BCUT2D eigenvalue weighted by molar-refractivity contribution is 0.669. The van der Waals surface area contributed by atoms with E-state index < -0.39 is 0 Å². The number of rotatable bonds is 6. The summed E-state index contributed by atoms with van der Waals surface area (Å²) >= 11 is 1.87. The van der Waals surface area contributed by atoms with Crippen molar-refractivity contribution in [3.63, 3.8) is 0 Å². The van der Waals surface area contributed by atoms with Crippen molar-refractivity contribution in [3.8, 4) is 33.4 Å². The molecule has 0 atom stereocenters. The SMILES string of the molecule is c1ccc(-c2ccc(-c3ccc4ccccc4c3)cc2N(c2ccccc2-c2cccc3c2sc2ccccc23)c2cccc3oc4ccccc4c23)cc1. The van der Waals surface area contributed by atoms with Gasteiger partial charge in [0.2, 0.25) is 0 Å². The molecule has 258 valence electrons. The molecule has 0 aliphatic carbocycles. The molecule has 3 heteroatoms. The predicted molar refractivity (Wildman–Crippen MR) is 235 cm³/mol. The number of fused-ring (bicyclic) bond motifs is 7. The highest BCUT2D eigenvalue weighted by atomic mass is 32.1. The van der Waals surface area contributed by atoms with E-state index in [9.17, 15) is 0 Å². The summed E-state index contributed by atoms with van der Waals surface area (Å²) in [7, 11) is 0. The first-order valence-electron chi connectivity index (χ1n) is 18.7. The van der Waals surface area contributed by atoms with Crippen LogP contribution in [0.1, 0.15) is 0 Å². The van der Waals surface area contributed by atoms with Crippen LogP contribution in [0.25, 0.3) is 86.3 Å². The summed E-state index contributed by atoms with van der Waals surface area (Å²) in [5.41, 5.74) is 12.0. The highest BCUT2D eigenvalue weighted by Crippen LogP contribution is 2.51. The molecule has 2 heterocycles. The van der Waals surface area contributed by atoms with Gasteiger partial charge in [-0.15, -0.1) is 11.3 Å². The summed E-state index contributed by atoms with van der Waals surface area (Å²) in [6.45, 7) is 0. The van der Waals surface area contributed by atoms with E-state index in [0.717, 1.165) is 55.7 Å². The zero-order valence-electron chi connectivity index (χ0n) is 29.8. The fourth-order valence-corrected chi connectivity index (χ4v) is 9.54. The van der Waals surface area contributed by atoms with Crippen molar-refractivity contribution >= 4 is 81.3 Å². The summed E-state index contributed by atoms with van der Waals surface area (Å²) in [5, 5.41) is 7.21. The first kappa shape index (κ1) is 31.6. The maximum atomic E-state index is 6.55. The van der Waals surface area contributed by atoms with Gasteiger partial charge in [-0.1, -0.05) is 158 Å². The quantitative estimate of drug-likeness (QED) is 0.170. The third-order valence-corrected chi connectivity index (χ3v) is 12.1. The Labute approximate surface area is 322 Å². The Morgan fingerprint density at radius 3 is 1.95 bits per heavy atom. The molecular formula is C52H33NOS. The van der Waals surface area contributed by atoms with Crippen LogP contribution in [0.2, 0.25) is 0 Å². The molecule has 0 spiro atoms. The van der Waals surface area contributed by atoms with E-state index in [2.05, 4.69) is 199 Å². The zero-order valence-corrected chi connectivity index (χ0v) is 30.6. The van der Waals surface area contributed by atoms with Crippen LogP contribution in [0.3, 0.4) is 0 Å². The van der Waals surface area contributed by atoms with Gasteiger partial charge in [0.1, 0.15) is 11.2 Å². The van der Waals surface area contributed by atoms with Crippen molar-refractivity contribution in [2.75, 3.05) is 4.90 Å². The third-order valence-electron chi connectivity index (χ3n) is 10.9. The Balaban J connectivity index is 1.24. The van der Waals surface area contributed by atoms with Gasteiger partial charge < -0.3 is 9.32 Å². The van der Waals surface area contributed by atoms with Crippen LogP contribution in [0.5, 0.6) is 0 Å². The van der Waals surface area contributed by atoms with E-state index in [1.807, 2.05) is 17.4 Å². The van der Waals surface area contributed by atoms with Crippen molar-refractivity contribution in [2.24, 2.45) is 0 Å². The van der Waals surface area contributed by atoms with Gasteiger partial charge in [0.05, 0.1) is 22.4 Å². The molecule has 0 unspecified atom stereocenters. The van der Waals surface area contributed by atoms with E-state index >= 15 is 0 Å². The molecule has 9 aromatic carbocycles. The lowest BCUT2D eigenvalue weighted by Gasteiger charge is -2.31. The lowest BCUT2D eigenvalue weighted by Crippen LogP contribution is -2.13. The molecule has 0 saturated heterocycles. The van der Waals surface area contributed by atoms with Crippen LogP contribution in [0.4, 0.5) is 17.1 Å². The Bertz CT molecular complexity index is 3230. The van der Waals surface area contributed by atoms with Crippen molar-refractivity contribution in [1.82, 2.24) is 0 Å². The van der Waals surface area contributed by atoms with Crippen LogP contribution in [0, 0.1) is 0 Å². The molecule has 11 rings (SSSR count). The second-order valence-electron chi connectivity index (χ2n) is 14.0. The first-order valence-corrected chi connectivity index (χ1v) is 19.5. The fraction of sp³-hybridized carbons (Fsp3) is 0. The summed E-state index contributed by atoms with van der Waals surface area (Å²) in [5.74, 6) is 0. The third kappa shape index (κ3) is 5.24. The molecule has 0 radical (unpaired) electrons. The van der Waals surface area contributed by atoms with Gasteiger partial charge in [-0.05, 0) is 69.9 Å². The van der Waals surface area contributed by atoms with Crippen molar-refractivity contribution in [1.29, 1.82) is 0 Å². The number of hydrogen-bond donors (Lipinski definition) is 0. The van der Waals surface area contributed by atoms with Gasteiger partial charge in [-0.2, -0.15) is 0 Å². The highest BCUT2D eigenvalue weighted by Gasteiger charge is 2.25. The van der Waals surface area contributed by atoms with Gasteiger partial charge in [-0.3, -0.25) is 0 Å². The highest BCUT2D eigenvalue weighted by molar-refractivity contribution is 7.26. The summed E-state index contributed by atoms with van der Waals surface area (Å²) < 4.78 is 9.13. The van der Waals surface area contributed by atoms with Crippen molar-refractivity contribution in [3.05, 3.63) is 200 Å². The van der Waals surface area contributed by atoms with Crippen LogP contribution in [-0.4, -0.2) is 0 Å². The molecule has 0 aliphatic heterocycles. The van der Waals surface area contributed by atoms with E-state index in [1.54, 1.807) is 0 Å². The molecule has 0 fully saturated rings. The average Bonchev–Trinajstić information content (AvgIpc) is 3.83. The molecular weight excluding hydrogens is 687 g/mol. The van der Waals surface area contributed by atoms with E-state index in [0.29, 0.717) is 0 Å². The largest absolute Gasteiger partial charge is 0.456 e. The molecule has 0 amide bonds. The van der Waals surface area contributed by atoms with Gasteiger partial charge in [0.25, 0.3) is 0 Å². The standard InChI is InChI=1S/C52H33NOS/c1-2-15-35(16-3-1)39-31-30-38(37-29-28-34-14-4-5-17-36(34)32-37)33-47(39)53(46-24-13-26-49-51(46)44-20-7-10-25-48(44)54-49)45-23-9-6-18-40(45)42-21-12-22-43-41-19-8-11-27-50(41)55-52(42)43/h1-33H. The fourth-order valence-electron chi connectivity index (χ4n) is 8.31. The zero-order chi connectivity index (χ0) is 36.3. The van der Waals surface area contributed by atoms with Gasteiger partial charge >= 0.3 is 0 Å². The number of hydrogen-bond acceptors (Lipinski definition) is 3. The number of furan rings is 1. The second kappa shape index (κ2) is 12.9. The summed E-state index contributed by atoms with van der Waals surface area (Å²) in [4.78, 5) is 2.48. The van der Waals surface area contributed by atoms with Gasteiger partial charge in [0, 0.05) is 42.2 Å². The number of benzene rings is 9. The molecule has 0 aliphatic rings. The Morgan fingerprint density at radius 2 is 1.02 bits per heavy atom. The molecule has 0 saturated carbocycles. The van der Waals surface area contributed by atoms with Crippen LogP contribution in [-0.2, 0) is 0 Å². The minimum absolute atomic E-state index is 0.861. The molecule has 0 bridgehead atoms. The molecule has 0 N–H and O–H groups in total. The molecule has 2 nitrogen and oxygen atoms in total. The minimum Gasteiger partial charge on any atom is -0.456 e. The van der Waals surface area contributed by atoms with E-state index in [-0.39, 0.29) is 0 Å². The normalized spacial score (nSPS) is 11.6. The Hall–Kier alpha value is -6.94. The maximum absolute atomic E-state index is 6.55. The van der Waals surface area contributed by atoms with Crippen molar-refractivity contribution < 1.29 is 4.42 Å². The average molecular weight is 720 g/mol. The Kier molecular flexibility index (Phi) is 7.39. The summed E-state index contributed by atoms with van der Waals surface area (Å²) in [6.07, 6.45) is 0. The smallest absolute Gasteiger partial charge is 0.137 e.